The first-order chi connectivity index (χ1) is 9.25. The third-order valence-corrected chi connectivity index (χ3v) is 4.27. The van der Waals surface area contributed by atoms with Gasteiger partial charge in [-0.2, -0.15) is 0 Å². The lowest BCUT2D eigenvalue weighted by Crippen LogP contribution is -2.41. The zero-order valence-electron chi connectivity index (χ0n) is 10.7. The summed E-state index contributed by atoms with van der Waals surface area (Å²) in [5.41, 5.74) is 1.21. The second-order valence-corrected chi connectivity index (χ2v) is 5.55. The molecule has 1 saturated carbocycles. The van der Waals surface area contributed by atoms with Gasteiger partial charge in [-0.1, -0.05) is 30.3 Å². The molecule has 1 aromatic carbocycles. The van der Waals surface area contributed by atoms with Gasteiger partial charge in [0.1, 0.15) is 12.4 Å². The lowest BCUT2D eigenvalue weighted by molar-refractivity contribution is -0.121. The number of thiocarbonyl (C=S) groups is 1. The Balaban J connectivity index is 1.84. The molecule has 2 fully saturated rings. The molecular weight excluding hydrogens is 258 g/mol. The fourth-order valence-electron chi connectivity index (χ4n) is 3.01. The second-order valence-electron chi connectivity index (χ2n) is 5.20. The minimum absolute atomic E-state index is 0.157. The average molecular weight is 275 g/mol. The van der Waals surface area contributed by atoms with Gasteiger partial charge in [-0.05, 0) is 30.6 Å². The van der Waals surface area contributed by atoms with Gasteiger partial charge in [0.25, 0.3) is 5.17 Å². The molecule has 0 aromatic heterocycles. The number of hydrogen-bond acceptors (Lipinski definition) is 3. The van der Waals surface area contributed by atoms with Crippen LogP contribution in [0.25, 0.3) is 0 Å². The van der Waals surface area contributed by atoms with Crippen molar-refractivity contribution < 1.29 is 9.53 Å². The summed E-state index contributed by atoms with van der Waals surface area (Å²) >= 11 is 5.33. The molecule has 2 aliphatic rings. The molecule has 3 nitrogen and oxygen atoms in total. The molecule has 0 bridgehead atoms. The number of Topliss-reactive ketones (excluding diaryl/α,β-unsaturated/α-hetero) is 1. The molecule has 0 unspecified atom stereocenters. The topological polar surface area (TPSA) is 29.5 Å². The lowest BCUT2D eigenvalue weighted by Gasteiger charge is -2.34. The zero-order chi connectivity index (χ0) is 13.2. The molecule has 2 atom stereocenters. The van der Waals surface area contributed by atoms with Crippen molar-refractivity contribution in [2.24, 2.45) is 0 Å². The summed E-state index contributed by atoms with van der Waals surface area (Å²) in [7, 11) is 0. The molecule has 0 radical (unpaired) electrons. The summed E-state index contributed by atoms with van der Waals surface area (Å²) in [5.74, 6) is 0.345. The summed E-state index contributed by atoms with van der Waals surface area (Å²) in [6.45, 7) is 0.591. The maximum atomic E-state index is 11.7. The van der Waals surface area contributed by atoms with E-state index in [1.807, 2.05) is 18.2 Å². The van der Waals surface area contributed by atoms with E-state index in [0.29, 0.717) is 30.4 Å². The number of ether oxygens (including phenoxy) is 1. The third kappa shape index (κ3) is 2.50. The van der Waals surface area contributed by atoms with E-state index in [2.05, 4.69) is 17.0 Å². The van der Waals surface area contributed by atoms with Crippen LogP contribution in [-0.2, 0) is 9.53 Å². The van der Waals surface area contributed by atoms with Gasteiger partial charge in [-0.15, -0.1) is 0 Å². The van der Waals surface area contributed by atoms with Crippen LogP contribution in [0.4, 0.5) is 0 Å². The Hall–Kier alpha value is -1.42. The third-order valence-electron chi connectivity index (χ3n) is 3.95. The summed E-state index contributed by atoms with van der Waals surface area (Å²) in [4.78, 5) is 13.8. The van der Waals surface area contributed by atoms with Gasteiger partial charge in [-0.25, -0.2) is 0 Å². The molecule has 1 aliphatic heterocycles. The standard InChI is InChI=1S/C15H17NO2S/c17-13-8-4-7-12(9-13)16-14(10-18-15(16)19)11-5-2-1-3-6-11/h1-3,5-6,12,14H,4,7-10H2/t12-,14+/m1/s1. The van der Waals surface area contributed by atoms with Crippen molar-refractivity contribution in [3.8, 4) is 0 Å². The first-order valence-electron chi connectivity index (χ1n) is 6.77. The number of carbonyl (C=O) groups excluding carboxylic acids is 1. The van der Waals surface area contributed by atoms with Crippen molar-refractivity contribution in [2.75, 3.05) is 6.61 Å². The minimum atomic E-state index is 0.157. The van der Waals surface area contributed by atoms with Crippen LogP contribution in [0.3, 0.4) is 0 Å². The number of nitrogens with zero attached hydrogens (tertiary/aromatic N) is 1. The predicted molar refractivity (Wildman–Crippen MR) is 76.8 cm³/mol. The number of rotatable bonds is 2. The Morgan fingerprint density at radius 1 is 1.26 bits per heavy atom. The predicted octanol–water partition coefficient (Wildman–Crippen LogP) is 2.86. The largest absolute Gasteiger partial charge is 0.468 e. The maximum Gasteiger partial charge on any atom is 0.260 e. The Bertz CT molecular complexity index is 488. The summed E-state index contributed by atoms with van der Waals surface area (Å²) in [6, 6.07) is 10.6. The van der Waals surface area contributed by atoms with Crippen LogP contribution in [-0.4, -0.2) is 28.5 Å². The van der Waals surface area contributed by atoms with Crippen molar-refractivity contribution in [3.05, 3.63) is 35.9 Å². The Morgan fingerprint density at radius 2 is 2.05 bits per heavy atom. The van der Waals surface area contributed by atoms with Crippen molar-refractivity contribution in [2.45, 2.75) is 37.8 Å². The van der Waals surface area contributed by atoms with Gasteiger partial charge in [0.05, 0.1) is 6.04 Å². The van der Waals surface area contributed by atoms with Crippen molar-refractivity contribution in [1.82, 2.24) is 4.90 Å². The molecular formula is C15H17NO2S. The average Bonchev–Trinajstić information content (AvgIpc) is 2.82. The van der Waals surface area contributed by atoms with Crippen LogP contribution in [0.2, 0.25) is 0 Å². The highest BCUT2D eigenvalue weighted by Gasteiger charge is 2.38. The van der Waals surface area contributed by atoms with Crippen LogP contribution < -0.4 is 0 Å². The molecule has 0 N–H and O–H groups in total. The van der Waals surface area contributed by atoms with Crippen molar-refractivity contribution in [3.63, 3.8) is 0 Å². The molecule has 1 saturated heterocycles. The van der Waals surface area contributed by atoms with E-state index >= 15 is 0 Å². The first kappa shape index (κ1) is 12.6. The number of ketones is 1. The van der Waals surface area contributed by atoms with Crippen LogP contribution in [0.5, 0.6) is 0 Å². The Morgan fingerprint density at radius 3 is 2.79 bits per heavy atom. The zero-order valence-corrected chi connectivity index (χ0v) is 11.6. The van der Waals surface area contributed by atoms with E-state index in [1.54, 1.807) is 0 Å². The molecule has 1 aliphatic carbocycles. The first-order valence-corrected chi connectivity index (χ1v) is 7.18. The summed E-state index contributed by atoms with van der Waals surface area (Å²) in [5, 5.41) is 0.550. The molecule has 1 aromatic rings. The Labute approximate surface area is 118 Å². The van der Waals surface area contributed by atoms with Crippen molar-refractivity contribution >= 4 is 23.2 Å². The highest BCUT2D eigenvalue weighted by molar-refractivity contribution is 7.80. The quantitative estimate of drug-likeness (QED) is 0.776. The summed E-state index contributed by atoms with van der Waals surface area (Å²) < 4.78 is 5.57. The smallest absolute Gasteiger partial charge is 0.260 e. The van der Waals surface area contributed by atoms with Crippen LogP contribution in [0, 0.1) is 0 Å². The van der Waals surface area contributed by atoms with Gasteiger partial charge in [0, 0.05) is 18.9 Å². The van der Waals surface area contributed by atoms with E-state index in [9.17, 15) is 4.79 Å². The van der Waals surface area contributed by atoms with Gasteiger partial charge in [0.15, 0.2) is 0 Å². The molecule has 19 heavy (non-hydrogen) atoms. The number of hydrogen-bond donors (Lipinski definition) is 0. The highest BCUT2D eigenvalue weighted by atomic mass is 32.1. The lowest BCUT2D eigenvalue weighted by atomic mass is 9.92. The fraction of sp³-hybridized carbons (Fsp3) is 0.467. The molecule has 100 valence electrons. The SMILES string of the molecule is O=C1CCC[C@@H](N2C(=S)OC[C@H]2c2ccccc2)C1. The van der Waals surface area contributed by atoms with Gasteiger partial charge in [-0.3, -0.25) is 4.79 Å². The van der Waals surface area contributed by atoms with Gasteiger partial charge >= 0.3 is 0 Å². The summed E-state index contributed by atoms with van der Waals surface area (Å²) in [6.07, 6.45) is 3.31. The van der Waals surface area contributed by atoms with E-state index in [1.165, 1.54) is 5.56 Å². The monoisotopic (exact) mass is 275 g/mol. The van der Waals surface area contributed by atoms with Gasteiger partial charge < -0.3 is 9.64 Å². The molecule has 0 spiro atoms. The van der Waals surface area contributed by atoms with E-state index in [-0.39, 0.29) is 12.1 Å². The van der Waals surface area contributed by atoms with Crippen LogP contribution in [0.1, 0.15) is 37.3 Å². The Kier molecular flexibility index (Phi) is 3.51. The normalized spacial score (nSPS) is 27.5. The number of benzene rings is 1. The van der Waals surface area contributed by atoms with E-state index in [4.69, 9.17) is 17.0 Å². The maximum absolute atomic E-state index is 11.7. The molecule has 1 heterocycles. The number of carbonyl (C=O) groups is 1. The van der Waals surface area contributed by atoms with E-state index in [0.717, 1.165) is 12.8 Å². The minimum Gasteiger partial charge on any atom is -0.468 e. The van der Waals surface area contributed by atoms with E-state index < -0.39 is 0 Å². The van der Waals surface area contributed by atoms with Crippen molar-refractivity contribution in [1.29, 1.82) is 0 Å². The fourth-order valence-corrected chi connectivity index (χ4v) is 3.35. The second kappa shape index (κ2) is 5.29. The molecule has 0 amide bonds. The highest BCUT2D eigenvalue weighted by Crippen LogP contribution is 2.34. The van der Waals surface area contributed by atoms with Crippen LogP contribution in [0.15, 0.2) is 30.3 Å². The molecule has 3 rings (SSSR count). The molecule has 4 heteroatoms. The van der Waals surface area contributed by atoms with Crippen LogP contribution >= 0.6 is 12.2 Å². The van der Waals surface area contributed by atoms with Gasteiger partial charge in [0.2, 0.25) is 0 Å².